The predicted octanol–water partition coefficient (Wildman–Crippen LogP) is 1.88. The molecule has 78 valence electrons. The van der Waals surface area contributed by atoms with Crippen LogP contribution < -0.4 is 0 Å². The molecule has 5 heteroatoms. The second-order valence-corrected chi connectivity index (χ2v) is 5.35. The van der Waals surface area contributed by atoms with Gasteiger partial charge in [-0.2, -0.15) is 0 Å². The van der Waals surface area contributed by atoms with Crippen LogP contribution in [0.3, 0.4) is 0 Å². The Hall–Kier alpha value is -0.340. The third kappa shape index (κ3) is 5.06. The molecule has 0 radical (unpaired) electrons. The van der Waals surface area contributed by atoms with Crippen molar-refractivity contribution in [3.63, 3.8) is 0 Å². The Kier molecular flexibility index (Phi) is 6.00. The maximum atomic E-state index is 11.7. The summed E-state index contributed by atoms with van der Waals surface area (Å²) in [6.45, 7) is 5.90. The summed E-state index contributed by atoms with van der Waals surface area (Å²) in [6.07, 6.45) is 0.269. The van der Waals surface area contributed by atoms with Crippen molar-refractivity contribution >= 4 is 13.3 Å². The quantitative estimate of drug-likeness (QED) is 0.494. The lowest BCUT2D eigenvalue weighted by Gasteiger charge is -2.14. The lowest BCUT2D eigenvalue weighted by Crippen LogP contribution is -2.12. The number of esters is 1. The van der Waals surface area contributed by atoms with Crippen LogP contribution in [0.2, 0.25) is 0 Å². The minimum absolute atomic E-state index is 0.106. The van der Waals surface area contributed by atoms with E-state index >= 15 is 0 Å². The molecule has 0 N–H and O–H groups in total. The van der Waals surface area contributed by atoms with Crippen molar-refractivity contribution in [3.8, 4) is 0 Å². The lowest BCUT2D eigenvalue weighted by molar-refractivity contribution is -0.140. The molecule has 1 atom stereocenters. The first-order chi connectivity index (χ1) is 6.08. The average molecular weight is 208 g/mol. The van der Waals surface area contributed by atoms with E-state index in [-0.39, 0.29) is 6.16 Å². The molecule has 0 bridgehead atoms. The summed E-state index contributed by atoms with van der Waals surface area (Å²) in [6, 6.07) is 0. The van der Waals surface area contributed by atoms with Crippen LogP contribution in [0.15, 0.2) is 0 Å². The van der Waals surface area contributed by atoms with Crippen molar-refractivity contribution < 1.29 is 18.6 Å². The van der Waals surface area contributed by atoms with Crippen LogP contribution in [0.25, 0.3) is 0 Å². The highest BCUT2D eigenvalue weighted by Gasteiger charge is 2.24. The Balaban J connectivity index is 4.10. The largest absolute Gasteiger partial charge is 0.466 e. The van der Waals surface area contributed by atoms with Gasteiger partial charge in [-0.25, -0.2) is 0 Å². The molecule has 0 rings (SSSR count). The molecule has 0 aliphatic carbocycles. The molecule has 0 fully saturated rings. The Morgan fingerprint density at radius 1 is 1.23 bits per heavy atom. The fourth-order valence-electron chi connectivity index (χ4n) is 0.887. The highest BCUT2D eigenvalue weighted by Crippen LogP contribution is 2.45. The van der Waals surface area contributed by atoms with Crippen LogP contribution in [0, 0.1) is 0 Å². The summed E-state index contributed by atoms with van der Waals surface area (Å²) >= 11 is 0. The van der Waals surface area contributed by atoms with Crippen LogP contribution in [0.1, 0.15) is 20.8 Å². The van der Waals surface area contributed by atoms with Crippen molar-refractivity contribution in [3.05, 3.63) is 0 Å². The van der Waals surface area contributed by atoms with Gasteiger partial charge in [0, 0.05) is 6.16 Å². The van der Waals surface area contributed by atoms with Crippen LogP contribution in [-0.2, 0) is 18.6 Å². The second-order valence-electron chi connectivity index (χ2n) is 2.51. The molecule has 0 heterocycles. The summed E-state index contributed by atoms with van der Waals surface area (Å²) in [7, 11) is -2.76. The van der Waals surface area contributed by atoms with Crippen molar-refractivity contribution in [2.45, 2.75) is 20.8 Å². The Morgan fingerprint density at radius 3 is 2.23 bits per heavy atom. The van der Waals surface area contributed by atoms with Gasteiger partial charge in [0.15, 0.2) is 0 Å². The number of carbonyl (C=O) groups excluding carboxylic acids is 1. The van der Waals surface area contributed by atoms with Crippen molar-refractivity contribution in [1.29, 1.82) is 0 Å². The molecular formula is C8H17O4P. The van der Waals surface area contributed by atoms with Gasteiger partial charge in [-0.15, -0.1) is 0 Å². The molecule has 0 aromatic carbocycles. The molecule has 0 aliphatic heterocycles. The van der Waals surface area contributed by atoms with Crippen LogP contribution >= 0.6 is 7.37 Å². The van der Waals surface area contributed by atoms with E-state index in [1.54, 1.807) is 20.8 Å². The van der Waals surface area contributed by atoms with E-state index in [1.165, 1.54) is 0 Å². The maximum Gasteiger partial charge on any atom is 0.315 e. The van der Waals surface area contributed by atoms with E-state index in [0.717, 1.165) is 0 Å². The zero-order chi connectivity index (χ0) is 10.3. The number of hydrogen-bond acceptors (Lipinski definition) is 4. The van der Waals surface area contributed by atoms with Crippen LogP contribution in [-0.4, -0.2) is 31.5 Å². The third-order valence-electron chi connectivity index (χ3n) is 1.52. The van der Waals surface area contributed by atoms with E-state index in [1.807, 2.05) is 0 Å². The normalized spacial score (nSPS) is 15.0. The first kappa shape index (κ1) is 12.7. The van der Waals surface area contributed by atoms with Gasteiger partial charge in [0.1, 0.15) is 6.16 Å². The predicted molar refractivity (Wildman–Crippen MR) is 51.3 cm³/mol. The van der Waals surface area contributed by atoms with Crippen LogP contribution in [0.4, 0.5) is 0 Å². The fourth-order valence-corrected chi connectivity index (χ4v) is 2.34. The lowest BCUT2D eigenvalue weighted by atomic mass is 10.8. The zero-order valence-corrected chi connectivity index (χ0v) is 9.30. The van der Waals surface area contributed by atoms with Gasteiger partial charge in [-0.1, -0.05) is 6.92 Å². The van der Waals surface area contributed by atoms with Gasteiger partial charge < -0.3 is 9.26 Å². The van der Waals surface area contributed by atoms with Crippen LogP contribution in [0.5, 0.6) is 0 Å². The maximum absolute atomic E-state index is 11.7. The molecule has 0 unspecified atom stereocenters. The van der Waals surface area contributed by atoms with Gasteiger partial charge in [0.05, 0.1) is 13.2 Å². The van der Waals surface area contributed by atoms with Gasteiger partial charge in [0.2, 0.25) is 7.37 Å². The molecule has 0 aromatic rings. The number of hydrogen-bond donors (Lipinski definition) is 0. The Bertz CT molecular complexity index is 202. The van der Waals surface area contributed by atoms with Crippen molar-refractivity contribution in [1.82, 2.24) is 0 Å². The molecule has 4 nitrogen and oxygen atoms in total. The summed E-state index contributed by atoms with van der Waals surface area (Å²) < 4.78 is 21.5. The molecule has 13 heavy (non-hydrogen) atoms. The van der Waals surface area contributed by atoms with Crippen molar-refractivity contribution in [2.75, 3.05) is 25.5 Å². The Morgan fingerprint density at radius 2 is 1.85 bits per heavy atom. The van der Waals surface area contributed by atoms with E-state index in [9.17, 15) is 9.36 Å². The topological polar surface area (TPSA) is 52.6 Å². The highest BCUT2D eigenvalue weighted by molar-refractivity contribution is 7.59. The molecule has 0 saturated heterocycles. The number of carbonyl (C=O) groups is 1. The van der Waals surface area contributed by atoms with E-state index in [2.05, 4.69) is 0 Å². The zero-order valence-electron chi connectivity index (χ0n) is 8.41. The first-order valence-corrected chi connectivity index (χ1v) is 6.45. The van der Waals surface area contributed by atoms with E-state index in [0.29, 0.717) is 19.4 Å². The molecule has 0 saturated carbocycles. The molecule has 0 aliphatic rings. The number of rotatable bonds is 6. The van der Waals surface area contributed by atoms with Crippen molar-refractivity contribution in [2.24, 2.45) is 0 Å². The minimum atomic E-state index is -2.76. The van der Waals surface area contributed by atoms with Gasteiger partial charge in [-0.3, -0.25) is 9.36 Å². The number of ether oxygens (including phenoxy) is 1. The molecular weight excluding hydrogens is 191 g/mol. The monoisotopic (exact) mass is 208 g/mol. The van der Waals surface area contributed by atoms with E-state index in [4.69, 9.17) is 9.26 Å². The first-order valence-electron chi connectivity index (χ1n) is 4.46. The SMILES string of the molecule is CCOC(=O)C[P@](=O)(CC)OCC. The summed E-state index contributed by atoms with van der Waals surface area (Å²) in [4.78, 5) is 11.0. The smallest absolute Gasteiger partial charge is 0.315 e. The third-order valence-corrected chi connectivity index (χ3v) is 3.95. The Labute approximate surface area is 79.1 Å². The minimum Gasteiger partial charge on any atom is -0.466 e. The summed E-state index contributed by atoms with van der Waals surface area (Å²) in [5.41, 5.74) is 0. The van der Waals surface area contributed by atoms with Gasteiger partial charge in [-0.05, 0) is 13.8 Å². The molecule has 0 aromatic heterocycles. The molecule has 0 spiro atoms. The summed E-state index contributed by atoms with van der Waals surface area (Å²) in [5, 5.41) is 0. The summed E-state index contributed by atoms with van der Waals surface area (Å²) in [5.74, 6) is -0.443. The fraction of sp³-hybridized carbons (Fsp3) is 0.875. The molecule has 0 amide bonds. The van der Waals surface area contributed by atoms with Gasteiger partial charge >= 0.3 is 5.97 Å². The average Bonchev–Trinajstić information content (AvgIpc) is 2.05. The second kappa shape index (κ2) is 6.17. The highest BCUT2D eigenvalue weighted by atomic mass is 31.2. The standard InChI is InChI=1S/C8H17O4P/c1-4-11-8(9)7-13(10,6-3)12-5-2/h4-7H2,1-3H3/t13-/m0/s1. The van der Waals surface area contributed by atoms with Gasteiger partial charge in [0.25, 0.3) is 0 Å². The van der Waals surface area contributed by atoms with E-state index < -0.39 is 13.3 Å².